The van der Waals surface area contributed by atoms with Crippen LogP contribution in [0, 0.1) is 17.5 Å². The monoisotopic (exact) mass is 394 g/mol. The average molecular weight is 394 g/mol. The second-order valence-electron chi connectivity index (χ2n) is 6.16. The van der Waals surface area contributed by atoms with Gasteiger partial charge in [-0.3, -0.25) is 4.79 Å². The molecule has 2 aromatic carbocycles. The molecule has 2 aromatic rings. The molecule has 9 heteroatoms. The van der Waals surface area contributed by atoms with Crippen LogP contribution in [0.4, 0.5) is 23.7 Å². The van der Waals surface area contributed by atoms with Gasteiger partial charge in [0, 0.05) is 36.4 Å². The van der Waals surface area contributed by atoms with Crippen LogP contribution in [-0.2, 0) is 15.9 Å². The summed E-state index contributed by atoms with van der Waals surface area (Å²) in [4.78, 5) is 24.3. The Morgan fingerprint density at radius 1 is 1.04 bits per heavy atom. The van der Waals surface area contributed by atoms with Gasteiger partial charge in [-0.25, -0.2) is 18.0 Å². The summed E-state index contributed by atoms with van der Waals surface area (Å²) in [5, 5.41) is 4.96. The van der Waals surface area contributed by atoms with Crippen LogP contribution in [0.2, 0.25) is 0 Å². The second kappa shape index (κ2) is 7.89. The van der Waals surface area contributed by atoms with E-state index in [1.807, 2.05) is 0 Å². The third-order valence-electron chi connectivity index (χ3n) is 4.58. The normalized spacial score (nSPS) is 17.8. The van der Waals surface area contributed by atoms with Crippen molar-refractivity contribution in [1.82, 2.24) is 5.32 Å². The quantitative estimate of drug-likeness (QED) is 0.834. The maximum Gasteiger partial charge on any atom is 0.407 e. The minimum Gasteiger partial charge on any atom is -0.453 e. The molecular formula is C19H17F3N2O4. The van der Waals surface area contributed by atoms with E-state index in [1.54, 1.807) is 0 Å². The lowest BCUT2D eigenvalue weighted by Gasteiger charge is -2.20. The number of carbonyl (C=O) groups is 2. The van der Waals surface area contributed by atoms with Gasteiger partial charge in [-0.15, -0.1) is 0 Å². The molecule has 0 fully saturated rings. The van der Waals surface area contributed by atoms with Crippen LogP contribution >= 0.6 is 0 Å². The number of hydrogen-bond donors (Lipinski definition) is 2. The molecule has 0 spiro atoms. The van der Waals surface area contributed by atoms with Crippen LogP contribution < -0.4 is 10.6 Å². The van der Waals surface area contributed by atoms with Crippen molar-refractivity contribution in [1.29, 1.82) is 0 Å². The molecule has 0 saturated heterocycles. The molecule has 3 rings (SSSR count). The zero-order valence-corrected chi connectivity index (χ0v) is 15.0. The van der Waals surface area contributed by atoms with Gasteiger partial charge < -0.3 is 20.1 Å². The lowest BCUT2D eigenvalue weighted by Crippen LogP contribution is -2.35. The molecule has 0 aliphatic heterocycles. The van der Waals surface area contributed by atoms with Crippen LogP contribution in [-0.4, -0.2) is 32.3 Å². The highest BCUT2D eigenvalue weighted by Crippen LogP contribution is 2.37. The van der Waals surface area contributed by atoms with Gasteiger partial charge in [0.2, 0.25) is 0 Å². The summed E-state index contributed by atoms with van der Waals surface area (Å²) in [6, 6.07) is 4.48. The molecule has 2 unspecified atom stereocenters. The van der Waals surface area contributed by atoms with Gasteiger partial charge in [-0.1, -0.05) is 0 Å². The number of methoxy groups -OCH3 is 2. The van der Waals surface area contributed by atoms with Crippen LogP contribution in [0.3, 0.4) is 0 Å². The number of amides is 2. The van der Waals surface area contributed by atoms with Crippen molar-refractivity contribution in [3.8, 4) is 0 Å². The fourth-order valence-corrected chi connectivity index (χ4v) is 3.25. The van der Waals surface area contributed by atoms with E-state index in [0.29, 0.717) is 5.56 Å². The van der Waals surface area contributed by atoms with E-state index in [0.717, 1.165) is 18.2 Å². The highest BCUT2D eigenvalue weighted by Gasteiger charge is 2.39. The third-order valence-corrected chi connectivity index (χ3v) is 4.58. The van der Waals surface area contributed by atoms with Gasteiger partial charge in [0.1, 0.15) is 5.82 Å². The topological polar surface area (TPSA) is 76.7 Å². The van der Waals surface area contributed by atoms with E-state index in [2.05, 4.69) is 15.4 Å². The lowest BCUT2D eigenvalue weighted by molar-refractivity contribution is 0.0746. The average Bonchev–Trinajstić information content (AvgIpc) is 3.03. The van der Waals surface area contributed by atoms with Gasteiger partial charge in [-0.05, 0) is 29.8 Å². The number of halogens is 3. The minimum atomic E-state index is -1.11. The Balaban J connectivity index is 1.95. The van der Waals surface area contributed by atoms with Crippen molar-refractivity contribution in [3.05, 3.63) is 64.5 Å². The molecule has 1 aliphatic rings. The summed E-state index contributed by atoms with van der Waals surface area (Å²) >= 11 is 0. The summed E-state index contributed by atoms with van der Waals surface area (Å²) in [5.41, 5.74) is 0.661. The van der Waals surface area contributed by atoms with Crippen LogP contribution in [0.1, 0.15) is 27.5 Å². The minimum absolute atomic E-state index is 0.0486. The number of alkyl carbamates (subject to hydrolysis) is 1. The summed E-state index contributed by atoms with van der Waals surface area (Å²) in [5.74, 6) is -3.39. The molecule has 2 amide bonds. The SMILES string of the molecule is COC(=O)NC1c2c(F)ccc(C(=O)Nc3ccc(F)c(F)c3)c2CC1OC. The summed E-state index contributed by atoms with van der Waals surface area (Å²) < 4.78 is 50.8. The Labute approximate surface area is 158 Å². The summed E-state index contributed by atoms with van der Waals surface area (Å²) in [7, 11) is 2.58. The van der Waals surface area contributed by atoms with Gasteiger partial charge >= 0.3 is 6.09 Å². The molecule has 2 N–H and O–H groups in total. The predicted molar refractivity (Wildman–Crippen MR) is 93.5 cm³/mol. The Hall–Kier alpha value is -3.07. The van der Waals surface area contributed by atoms with Crippen LogP contribution in [0.15, 0.2) is 30.3 Å². The fourth-order valence-electron chi connectivity index (χ4n) is 3.25. The zero-order valence-electron chi connectivity index (χ0n) is 15.0. The Morgan fingerprint density at radius 2 is 1.75 bits per heavy atom. The standard InChI is InChI=1S/C19H17F3N2O4/c1-27-15-8-11-10(18(25)23-9-3-5-12(20)14(22)7-9)4-6-13(21)16(11)17(15)24-19(26)28-2/h3-7,15,17H,8H2,1-2H3,(H,23,25)(H,24,26). The van der Waals surface area contributed by atoms with Crippen molar-refractivity contribution >= 4 is 17.7 Å². The first-order chi connectivity index (χ1) is 13.3. The summed E-state index contributed by atoms with van der Waals surface area (Å²) in [6.07, 6.45) is -1.21. The first-order valence-corrected chi connectivity index (χ1v) is 8.30. The van der Waals surface area contributed by atoms with Crippen molar-refractivity contribution in [2.75, 3.05) is 19.5 Å². The molecular weight excluding hydrogens is 377 g/mol. The molecule has 0 bridgehead atoms. The molecule has 0 aromatic heterocycles. The molecule has 28 heavy (non-hydrogen) atoms. The highest BCUT2D eigenvalue weighted by atomic mass is 19.2. The van der Waals surface area contributed by atoms with Gasteiger partial charge in [0.25, 0.3) is 5.91 Å². The predicted octanol–water partition coefficient (Wildman–Crippen LogP) is 3.32. The number of benzene rings is 2. The van der Waals surface area contributed by atoms with Crippen LogP contribution in [0.25, 0.3) is 0 Å². The van der Waals surface area contributed by atoms with Crippen molar-refractivity contribution < 1.29 is 32.2 Å². The summed E-state index contributed by atoms with van der Waals surface area (Å²) in [6.45, 7) is 0. The van der Waals surface area contributed by atoms with Gasteiger partial charge in [0.15, 0.2) is 11.6 Å². The molecule has 148 valence electrons. The highest BCUT2D eigenvalue weighted by molar-refractivity contribution is 6.05. The molecule has 0 heterocycles. The molecule has 0 saturated carbocycles. The second-order valence-corrected chi connectivity index (χ2v) is 6.16. The Morgan fingerprint density at radius 3 is 2.39 bits per heavy atom. The molecule has 6 nitrogen and oxygen atoms in total. The first-order valence-electron chi connectivity index (χ1n) is 8.30. The van der Waals surface area contributed by atoms with Gasteiger partial charge in [0.05, 0.1) is 19.3 Å². The number of nitrogens with one attached hydrogen (secondary N) is 2. The van der Waals surface area contributed by atoms with E-state index in [9.17, 15) is 22.8 Å². The van der Waals surface area contributed by atoms with Crippen molar-refractivity contribution in [2.45, 2.75) is 18.6 Å². The molecule has 0 radical (unpaired) electrons. The number of fused-ring (bicyclic) bond motifs is 1. The maximum absolute atomic E-state index is 14.5. The van der Waals surface area contributed by atoms with E-state index < -0.39 is 41.6 Å². The third kappa shape index (κ3) is 3.65. The van der Waals surface area contributed by atoms with Crippen LogP contribution in [0.5, 0.6) is 0 Å². The molecule has 1 aliphatic carbocycles. The number of anilines is 1. The Bertz CT molecular complexity index is 936. The molecule has 2 atom stereocenters. The lowest BCUT2D eigenvalue weighted by atomic mass is 10.0. The number of ether oxygens (including phenoxy) is 2. The number of hydrogen-bond acceptors (Lipinski definition) is 4. The largest absolute Gasteiger partial charge is 0.453 e. The van der Waals surface area contributed by atoms with Crippen molar-refractivity contribution in [3.63, 3.8) is 0 Å². The van der Waals surface area contributed by atoms with E-state index >= 15 is 0 Å². The number of rotatable bonds is 4. The zero-order chi connectivity index (χ0) is 20.4. The van der Waals surface area contributed by atoms with E-state index in [4.69, 9.17) is 4.74 Å². The van der Waals surface area contributed by atoms with E-state index in [1.165, 1.54) is 26.4 Å². The number of carbonyl (C=O) groups excluding carboxylic acids is 2. The maximum atomic E-state index is 14.5. The Kier molecular flexibility index (Phi) is 5.55. The van der Waals surface area contributed by atoms with E-state index in [-0.39, 0.29) is 23.2 Å². The first kappa shape index (κ1) is 19.7. The fraction of sp³-hybridized carbons (Fsp3) is 0.263. The van der Waals surface area contributed by atoms with Gasteiger partial charge in [-0.2, -0.15) is 0 Å². The van der Waals surface area contributed by atoms with Crippen molar-refractivity contribution in [2.24, 2.45) is 0 Å². The smallest absolute Gasteiger partial charge is 0.407 e.